The van der Waals surface area contributed by atoms with E-state index < -0.39 is 0 Å². The van der Waals surface area contributed by atoms with Crippen molar-refractivity contribution in [1.29, 1.82) is 0 Å². The Morgan fingerprint density at radius 1 is 1.47 bits per heavy atom. The molecule has 2 N–H and O–H groups in total. The Morgan fingerprint density at radius 3 is 2.82 bits per heavy atom. The third-order valence-corrected chi connectivity index (χ3v) is 3.91. The fourth-order valence-electron chi connectivity index (χ4n) is 1.81. The smallest absolute Gasteiger partial charge is 0.274 e. The molecule has 1 amide bonds. The summed E-state index contributed by atoms with van der Waals surface area (Å²) >= 11 is 1.89. The van der Waals surface area contributed by atoms with Gasteiger partial charge in [0.1, 0.15) is 5.82 Å². The minimum atomic E-state index is -0.0640. The van der Waals surface area contributed by atoms with E-state index in [1.807, 2.05) is 16.7 Å². The molecule has 1 aromatic rings. The Kier molecular flexibility index (Phi) is 3.24. The number of aromatic nitrogens is 2. The van der Waals surface area contributed by atoms with Crippen LogP contribution in [0.25, 0.3) is 0 Å². The lowest BCUT2D eigenvalue weighted by molar-refractivity contribution is 0.0741. The van der Waals surface area contributed by atoms with Crippen LogP contribution in [-0.4, -0.2) is 44.6 Å². The predicted octanol–water partition coefficient (Wildman–Crippen LogP) is 1.03. The van der Waals surface area contributed by atoms with Crippen LogP contribution in [0.1, 0.15) is 24.3 Å². The van der Waals surface area contributed by atoms with E-state index in [2.05, 4.69) is 24.0 Å². The molecule has 1 aliphatic rings. The molecule has 1 aromatic heterocycles. The topological polar surface area (TPSA) is 72.1 Å². The Balaban J connectivity index is 2.12. The van der Waals surface area contributed by atoms with Gasteiger partial charge >= 0.3 is 0 Å². The first-order valence-corrected chi connectivity index (χ1v) is 6.49. The number of hydrogen-bond acceptors (Lipinski definition) is 5. The van der Waals surface area contributed by atoms with Gasteiger partial charge in [0.25, 0.3) is 5.91 Å². The summed E-state index contributed by atoms with van der Waals surface area (Å²) in [5, 5.41) is 7.53. The first-order valence-electron chi connectivity index (χ1n) is 5.50. The molecular formula is C11H16N4OS. The van der Waals surface area contributed by atoms with E-state index in [4.69, 9.17) is 5.73 Å². The number of thioether (sulfide) groups is 1. The lowest BCUT2D eigenvalue weighted by Crippen LogP contribution is -2.46. The number of hydrogen-bond donors (Lipinski definition) is 1. The molecule has 0 spiro atoms. The van der Waals surface area contributed by atoms with Crippen molar-refractivity contribution in [3.05, 3.63) is 17.8 Å². The van der Waals surface area contributed by atoms with Crippen LogP contribution in [0.3, 0.4) is 0 Å². The molecule has 17 heavy (non-hydrogen) atoms. The Bertz CT molecular complexity index is 418. The number of nitrogens with two attached hydrogens (primary N) is 1. The highest BCUT2D eigenvalue weighted by molar-refractivity contribution is 8.00. The van der Waals surface area contributed by atoms with Gasteiger partial charge in [0.15, 0.2) is 5.69 Å². The number of rotatable bonds is 1. The number of carbonyl (C=O) groups is 1. The SMILES string of the molecule is CC1(C)CN(C(=O)c2ccc(N)nn2)CCS1. The van der Waals surface area contributed by atoms with Crippen LogP contribution in [0.4, 0.5) is 5.82 Å². The van der Waals surface area contributed by atoms with Crippen molar-refractivity contribution in [2.45, 2.75) is 18.6 Å². The Morgan fingerprint density at radius 2 is 2.24 bits per heavy atom. The average Bonchev–Trinajstić information content (AvgIpc) is 2.28. The van der Waals surface area contributed by atoms with Gasteiger partial charge in [-0.25, -0.2) is 0 Å². The molecule has 0 atom stereocenters. The zero-order valence-electron chi connectivity index (χ0n) is 10.0. The normalized spacial score (nSPS) is 19.1. The van der Waals surface area contributed by atoms with Crippen molar-refractivity contribution in [3.63, 3.8) is 0 Å². The summed E-state index contributed by atoms with van der Waals surface area (Å²) in [5.74, 6) is 1.23. The standard InChI is InChI=1S/C11H16N4OS/c1-11(2)7-15(5-6-17-11)10(16)8-3-4-9(12)14-13-8/h3-4H,5-7H2,1-2H3,(H2,12,14). The molecule has 0 radical (unpaired) electrons. The Labute approximate surface area is 105 Å². The van der Waals surface area contributed by atoms with Gasteiger partial charge in [-0.1, -0.05) is 0 Å². The number of anilines is 1. The highest BCUT2D eigenvalue weighted by atomic mass is 32.2. The van der Waals surface area contributed by atoms with Crippen LogP contribution in [-0.2, 0) is 0 Å². The van der Waals surface area contributed by atoms with Crippen LogP contribution in [0, 0.1) is 0 Å². The van der Waals surface area contributed by atoms with E-state index in [0.29, 0.717) is 11.5 Å². The molecule has 6 heteroatoms. The van der Waals surface area contributed by atoms with Crippen LogP contribution in [0.2, 0.25) is 0 Å². The third-order valence-electron chi connectivity index (χ3n) is 2.62. The van der Waals surface area contributed by atoms with Gasteiger partial charge in [-0.2, -0.15) is 11.8 Å². The highest BCUT2D eigenvalue weighted by Gasteiger charge is 2.30. The molecule has 2 rings (SSSR count). The van der Waals surface area contributed by atoms with Crippen LogP contribution in [0.15, 0.2) is 12.1 Å². The summed E-state index contributed by atoms with van der Waals surface area (Å²) in [6.07, 6.45) is 0. The molecule has 0 bridgehead atoms. The van der Waals surface area contributed by atoms with Crippen molar-refractivity contribution in [1.82, 2.24) is 15.1 Å². The van der Waals surface area contributed by atoms with Crippen molar-refractivity contribution < 1.29 is 4.79 Å². The van der Waals surface area contributed by atoms with Crippen molar-refractivity contribution in [2.75, 3.05) is 24.6 Å². The molecule has 1 aliphatic heterocycles. The lowest BCUT2D eigenvalue weighted by atomic mass is 10.1. The van der Waals surface area contributed by atoms with Gasteiger partial charge in [0.05, 0.1) is 0 Å². The molecule has 0 unspecified atom stereocenters. The molecule has 1 saturated heterocycles. The zero-order valence-corrected chi connectivity index (χ0v) is 10.8. The van der Waals surface area contributed by atoms with Crippen molar-refractivity contribution in [3.8, 4) is 0 Å². The summed E-state index contributed by atoms with van der Waals surface area (Å²) in [6.45, 7) is 5.79. The summed E-state index contributed by atoms with van der Waals surface area (Å²) in [6, 6.07) is 3.23. The second-order valence-corrected chi connectivity index (χ2v) is 6.48. The van der Waals surface area contributed by atoms with Gasteiger partial charge in [-0.3, -0.25) is 4.79 Å². The van der Waals surface area contributed by atoms with E-state index in [9.17, 15) is 4.79 Å². The molecule has 1 fully saturated rings. The lowest BCUT2D eigenvalue weighted by Gasteiger charge is -2.37. The van der Waals surface area contributed by atoms with E-state index in [1.165, 1.54) is 0 Å². The quantitative estimate of drug-likeness (QED) is 0.808. The molecule has 0 aliphatic carbocycles. The zero-order chi connectivity index (χ0) is 12.5. The maximum atomic E-state index is 12.2. The summed E-state index contributed by atoms with van der Waals surface area (Å²) < 4.78 is 0.106. The summed E-state index contributed by atoms with van der Waals surface area (Å²) in [4.78, 5) is 14.0. The number of amides is 1. The number of carbonyl (C=O) groups excluding carboxylic acids is 1. The first-order chi connectivity index (χ1) is 7.98. The second kappa shape index (κ2) is 4.52. The van der Waals surface area contributed by atoms with Gasteiger partial charge in [0, 0.05) is 23.6 Å². The molecular weight excluding hydrogens is 236 g/mol. The van der Waals surface area contributed by atoms with E-state index >= 15 is 0 Å². The fourth-order valence-corrected chi connectivity index (χ4v) is 2.92. The predicted molar refractivity (Wildman–Crippen MR) is 68.9 cm³/mol. The summed E-state index contributed by atoms with van der Waals surface area (Å²) in [5.41, 5.74) is 5.81. The monoisotopic (exact) mass is 252 g/mol. The largest absolute Gasteiger partial charge is 0.382 e. The van der Waals surface area contributed by atoms with Crippen molar-refractivity contribution >= 4 is 23.5 Å². The van der Waals surface area contributed by atoms with Gasteiger partial charge in [0.2, 0.25) is 0 Å². The number of nitrogen functional groups attached to an aromatic ring is 1. The maximum Gasteiger partial charge on any atom is 0.274 e. The highest BCUT2D eigenvalue weighted by Crippen LogP contribution is 2.29. The van der Waals surface area contributed by atoms with Gasteiger partial charge in [-0.15, -0.1) is 10.2 Å². The molecule has 2 heterocycles. The minimum absolute atomic E-state index is 0.0640. The average molecular weight is 252 g/mol. The third kappa shape index (κ3) is 2.88. The molecule has 0 saturated carbocycles. The fraction of sp³-hybridized carbons (Fsp3) is 0.545. The molecule has 0 aromatic carbocycles. The van der Waals surface area contributed by atoms with Crippen molar-refractivity contribution in [2.24, 2.45) is 0 Å². The minimum Gasteiger partial charge on any atom is -0.382 e. The number of nitrogens with zero attached hydrogens (tertiary/aromatic N) is 3. The van der Waals surface area contributed by atoms with Gasteiger partial charge < -0.3 is 10.6 Å². The van der Waals surface area contributed by atoms with E-state index in [-0.39, 0.29) is 10.7 Å². The first kappa shape index (κ1) is 12.2. The van der Waals surface area contributed by atoms with E-state index in [1.54, 1.807) is 12.1 Å². The van der Waals surface area contributed by atoms with Crippen LogP contribution < -0.4 is 5.73 Å². The Hall–Kier alpha value is -1.30. The summed E-state index contributed by atoms with van der Waals surface area (Å²) in [7, 11) is 0. The van der Waals surface area contributed by atoms with Crippen LogP contribution >= 0.6 is 11.8 Å². The van der Waals surface area contributed by atoms with Gasteiger partial charge in [-0.05, 0) is 26.0 Å². The molecule has 5 nitrogen and oxygen atoms in total. The van der Waals surface area contributed by atoms with Crippen LogP contribution in [0.5, 0.6) is 0 Å². The maximum absolute atomic E-state index is 12.2. The van der Waals surface area contributed by atoms with E-state index in [0.717, 1.165) is 18.8 Å². The molecule has 92 valence electrons. The second-order valence-electron chi connectivity index (χ2n) is 4.68.